The van der Waals surface area contributed by atoms with Gasteiger partial charge in [-0.3, -0.25) is 0 Å². The minimum Gasteiger partial charge on any atom is -0.507 e. The summed E-state index contributed by atoms with van der Waals surface area (Å²) in [5, 5.41) is 24.3. The maximum Gasteiger partial charge on any atom is 0.156 e. The summed E-state index contributed by atoms with van der Waals surface area (Å²) in [7, 11) is 1.73. The van der Waals surface area contributed by atoms with Crippen LogP contribution in [-0.4, -0.2) is 34.1 Å². The van der Waals surface area contributed by atoms with Crippen LogP contribution in [0.4, 0.5) is 10.2 Å². The predicted molar refractivity (Wildman–Crippen MR) is 109 cm³/mol. The van der Waals surface area contributed by atoms with E-state index in [9.17, 15) is 9.50 Å². The molecule has 0 unspecified atom stereocenters. The highest BCUT2D eigenvalue weighted by Crippen LogP contribution is 2.39. The van der Waals surface area contributed by atoms with Crippen LogP contribution in [0.3, 0.4) is 0 Å². The largest absolute Gasteiger partial charge is 0.507 e. The van der Waals surface area contributed by atoms with E-state index < -0.39 is 5.83 Å². The lowest BCUT2D eigenvalue weighted by Crippen LogP contribution is -2.49. The Bertz CT molecular complexity index is 1060. The van der Waals surface area contributed by atoms with Crippen LogP contribution < -0.4 is 5.32 Å². The molecule has 1 fully saturated rings. The van der Waals surface area contributed by atoms with Crippen molar-refractivity contribution in [2.45, 2.75) is 31.4 Å². The van der Waals surface area contributed by atoms with Crippen LogP contribution in [-0.2, 0) is 4.74 Å². The van der Waals surface area contributed by atoms with Gasteiger partial charge in [-0.15, -0.1) is 10.2 Å². The van der Waals surface area contributed by atoms with Gasteiger partial charge in [-0.05, 0) is 31.9 Å². The first-order chi connectivity index (χ1) is 13.4. The molecule has 2 aromatic carbocycles. The van der Waals surface area contributed by atoms with Crippen LogP contribution in [0.5, 0.6) is 5.75 Å². The average molecular weight is 379 g/mol. The van der Waals surface area contributed by atoms with Gasteiger partial charge in [0.05, 0.1) is 5.60 Å². The number of aromatic hydroxyl groups is 1. The molecular weight excluding hydrogens is 357 g/mol. The lowest BCUT2D eigenvalue weighted by molar-refractivity contribution is -0.0625. The average Bonchev–Trinajstić information content (AvgIpc) is 2.67. The van der Waals surface area contributed by atoms with Crippen LogP contribution in [0.15, 0.2) is 49.0 Å². The molecule has 2 N–H and O–H groups in total. The second kappa shape index (κ2) is 6.87. The summed E-state index contributed by atoms with van der Waals surface area (Å²) >= 11 is 0. The summed E-state index contributed by atoms with van der Waals surface area (Å²) in [5.41, 5.74) is 1.19. The maximum absolute atomic E-state index is 13.3. The molecule has 1 saturated carbocycles. The number of aromatic nitrogens is 2. The highest BCUT2D eigenvalue weighted by atomic mass is 19.1. The molecule has 144 valence electrons. The van der Waals surface area contributed by atoms with E-state index in [-0.39, 0.29) is 23.0 Å². The molecule has 6 heteroatoms. The van der Waals surface area contributed by atoms with Crippen molar-refractivity contribution in [1.29, 1.82) is 0 Å². The Hall–Kier alpha value is -2.99. The van der Waals surface area contributed by atoms with E-state index in [1.807, 2.05) is 24.3 Å². The monoisotopic (exact) mass is 379 g/mol. The molecule has 1 aliphatic rings. The summed E-state index contributed by atoms with van der Waals surface area (Å²) in [6.45, 7) is 5.36. The van der Waals surface area contributed by atoms with Crippen LogP contribution in [0.1, 0.15) is 25.3 Å². The van der Waals surface area contributed by atoms with Gasteiger partial charge in [-0.25, -0.2) is 4.39 Å². The molecule has 0 amide bonds. The lowest BCUT2D eigenvalue weighted by atomic mass is 9.77. The Balaban J connectivity index is 1.72. The third-order valence-electron chi connectivity index (χ3n) is 5.44. The first-order valence-electron chi connectivity index (χ1n) is 9.15. The molecule has 0 bridgehead atoms. The maximum atomic E-state index is 13.3. The smallest absolute Gasteiger partial charge is 0.156 e. The highest BCUT2D eigenvalue weighted by Gasteiger charge is 2.40. The molecule has 3 aromatic rings. The number of hydrogen-bond acceptors (Lipinski definition) is 5. The number of halogens is 1. The minimum atomic E-state index is -0.596. The summed E-state index contributed by atoms with van der Waals surface area (Å²) in [6, 6.07) is 12.6. The molecule has 5 nitrogen and oxygen atoms in total. The van der Waals surface area contributed by atoms with Crippen LogP contribution >= 0.6 is 0 Å². The fraction of sp³-hybridized carbons (Fsp3) is 0.273. The Labute approximate surface area is 162 Å². The summed E-state index contributed by atoms with van der Waals surface area (Å²) < 4.78 is 18.9. The third kappa shape index (κ3) is 3.20. The molecule has 0 saturated heterocycles. The van der Waals surface area contributed by atoms with Crippen molar-refractivity contribution in [3.05, 3.63) is 54.6 Å². The highest BCUT2D eigenvalue weighted by molar-refractivity contribution is 6.01. The zero-order valence-corrected chi connectivity index (χ0v) is 15.9. The zero-order valence-electron chi connectivity index (χ0n) is 15.9. The van der Waals surface area contributed by atoms with Crippen molar-refractivity contribution in [3.63, 3.8) is 0 Å². The van der Waals surface area contributed by atoms with E-state index in [4.69, 9.17) is 4.74 Å². The van der Waals surface area contributed by atoms with Crippen molar-refractivity contribution < 1.29 is 14.2 Å². The van der Waals surface area contributed by atoms with E-state index >= 15 is 0 Å². The van der Waals surface area contributed by atoms with Gasteiger partial charge >= 0.3 is 0 Å². The fourth-order valence-corrected chi connectivity index (χ4v) is 3.75. The molecule has 0 radical (unpaired) electrons. The van der Waals surface area contributed by atoms with Gasteiger partial charge in [0.25, 0.3) is 0 Å². The van der Waals surface area contributed by atoms with Crippen molar-refractivity contribution in [1.82, 2.24) is 10.2 Å². The number of ether oxygens (including phenoxy) is 1. The second-order valence-electron chi connectivity index (χ2n) is 7.48. The summed E-state index contributed by atoms with van der Waals surface area (Å²) in [4.78, 5) is 0. The number of anilines is 1. The third-order valence-corrected chi connectivity index (χ3v) is 5.44. The van der Waals surface area contributed by atoms with Gasteiger partial charge in [0.15, 0.2) is 5.82 Å². The number of methoxy groups -OCH3 is 1. The number of nitrogens with one attached hydrogen (secondary N) is 1. The quantitative estimate of drug-likeness (QED) is 0.658. The number of benzene rings is 2. The SMILES string of the molecule is C=C(F)c1ccc(-c2nnc(NC3CC(C)(OC)C3)c3ccccc23)c(O)c1. The minimum absolute atomic E-state index is 0.0636. The van der Waals surface area contributed by atoms with Crippen LogP contribution in [0.25, 0.3) is 27.9 Å². The summed E-state index contributed by atoms with van der Waals surface area (Å²) in [6.07, 6.45) is 1.80. The van der Waals surface area contributed by atoms with Gasteiger partial charge < -0.3 is 15.2 Å². The molecule has 0 spiro atoms. The predicted octanol–water partition coefficient (Wildman–Crippen LogP) is 4.92. The van der Waals surface area contributed by atoms with E-state index in [0.29, 0.717) is 17.1 Å². The van der Waals surface area contributed by atoms with E-state index in [2.05, 4.69) is 29.0 Å². The van der Waals surface area contributed by atoms with Gasteiger partial charge in [0.2, 0.25) is 0 Å². The molecule has 4 rings (SSSR count). The Morgan fingerprint density at radius 1 is 1.21 bits per heavy atom. The van der Waals surface area contributed by atoms with Crippen molar-refractivity contribution in [3.8, 4) is 17.0 Å². The van der Waals surface area contributed by atoms with Crippen molar-refractivity contribution in [2.75, 3.05) is 12.4 Å². The number of phenols is 1. The molecule has 1 heterocycles. The molecule has 0 aliphatic heterocycles. The standard InChI is InChI=1S/C22H22FN3O2/c1-13(23)14-8-9-18(19(27)10-14)20-16-6-4-5-7-17(16)21(26-25-20)24-15-11-22(2,12-15)28-3/h4-10,15,27H,1,11-12H2,2-3H3,(H,24,26). The molecule has 0 atom stereocenters. The van der Waals surface area contributed by atoms with Crippen molar-refractivity contribution in [2.24, 2.45) is 0 Å². The van der Waals surface area contributed by atoms with Crippen LogP contribution in [0.2, 0.25) is 0 Å². The van der Waals surface area contributed by atoms with Gasteiger partial charge in [-0.2, -0.15) is 0 Å². The van der Waals surface area contributed by atoms with Gasteiger partial charge in [-0.1, -0.05) is 36.9 Å². The lowest BCUT2D eigenvalue weighted by Gasteiger charge is -2.44. The molecule has 1 aromatic heterocycles. The number of hydrogen-bond donors (Lipinski definition) is 2. The Kier molecular flexibility index (Phi) is 4.51. The number of phenolic OH excluding ortho intramolecular Hbond substituents is 1. The van der Waals surface area contributed by atoms with Crippen molar-refractivity contribution >= 4 is 22.4 Å². The Morgan fingerprint density at radius 2 is 1.93 bits per heavy atom. The van der Waals surface area contributed by atoms with E-state index in [1.54, 1.807) is 19.2 Å². The number of fused-ring (bicyclic) bond motifs is 1. The number of rotatable bonds is 5. The molecule has 28 heavy (non-hydrogen) atoms. The summed E-state index contributed by atoms with van der Waals surface area (Å²) in [5.74, 6) is 0.0444. The van der Waals surface area contributed by atoms with Gasteiger partial charge in [0, 0.05) is 35.1 Å². The van der Waals surface area contributed by atoms with E-state index in [1.165, 1.54) is 6.07 Å². The first kappa shape index (κ1) is 18.4. The first-order valence-corrected chi connectivity index (χ1v) is 9.15. The molecule has 1 aliphatic carbocycles. The van der Waals surface area contributed by atoms with Crippen LogP contribution in [0, 0.1) is 0 Å². The van der Waals surface area contributed by atoms with Gasteiger partial charge in [0.1, 0.15) is 17.3 Å². The normalized spacial score (nSPS) is 21.3. The fourth-order valence-electron chi connectivity index (χ4n) is 3.75. The zero-order chi connectivity index (χ0) is 19.9. The second-order valence-corrected chi connectivity index (χ2v) is 7.48. The van der Waals surface area contributed by atoms with E-state index in [0.717, 1.165) is 23.6 Å². The molecular formula is C22H22FN3O2. The topological polar surface area (TPSA) is 67.3 Å². The number of nitrogens with zero attached hydrogens (tertiary/aromatic N) is 2. The Morgan fingerprint density at radius 3 is 2.57 bits per heavy atom.